The van der Waals surface area contributed by atoms with Gasteiger partial charge in [0.05, 0.1) is 4.92 Å². The number of hydrogen-bond donors (Lipinski definition) is 3. The lowest BCUT2D eigenvalue weighted by molar-refractivity contribution is -0.384. The van der Waals surface area contributed by atoms with Crippen LogP contribution in [0.1, 0.15) is 39.5 Å². The Morgan fingerprint density at radius 1 is 1.40 bits per heavy atom. The number of nitrogens with two attached hydrogens (primary N) is 1. The smallest absolute Gasteiger partial charge is 0.311 e. The van der Waals surface area contributed by atoms with Gasteiger partial charge in [0.15, 0.2) is 0 Å². The van der Waals surface area contributed by atoms with Crippen LogP contribution in [0.5, 0.6) is 0 Å². The van der Waals surface area contributed by atoms with E-state index in [0.29, 0.717) is 11.2 Å². The van der Waals surface area contributed by atoms with Gasteiger partial charge in [-0.05, 0) is 37.2 Å². The quantitative estimate of drug-likeness (QED) is 0.444. The fourth-order valence-electron chi connectivity index (χ4n) is 2.52. The molecule has 1 fully saturated rings. The topological polar surface area (TPSA) is 106 Å². The lowest BCUT2D eigenvalue weighted by Crippen LogP contribution is -2.30. The van der Waals surface area contributed by atoms with E-state index >= 15 is 0 Å². The Hall–Kier alpha value is -1.89. The van der Waals surface area contributed by atoms with Gasteiger partial charge in [0.25, 0.3) is 0 Å². The molecule has 1 saturated carbocycles. The number of nitro groups is 1. The monoisotopic (exact) mass is 279 g/mol. The van der Waals surface area contributed by atoms with E-state index in [4.69, 9.17) is 5.84 Å². The molecule has 1 aromatic heterocycles. The highest BCUT2D eigenvalue weighted by molar-refractivity contribution is 5.60. The summed E-state index contributed by atoms with van der Waals surface area (Å²) in [5.74, 6) is 6.00. The van der Waals surface area contributed by atoms with E-state index in [0.717, 1.165) is 25.7 Å². The number of aromatic nitrogens is 1. The second kappa shape index (κ2) is 5.62. The molecule has 2 rings (SSSR count). The molecule has 4 N–H and O–H groups in total. The van der Waals surface area contributed by atoms with Crippen molar-refractivity contribution in [2.75, 3.05) is 10.7 Å². The zero-order chi connectivity index (χ0) is 14.8. The molecule has 20 heavy (non-hydrogen) atoms. The van der Waals surface area contributed by atoms with Gasteiger partial charge in [-0.1, -0.05) is 13.8 Å². The molecule has 7 nitrogen and oxygen atoms in total. The van der Waals surface area contributed by atoms with Gasteiger partial charge in [-0.25, -0.2) is 10.8 Å². The fraction of sp³-hybridized carbons (Fsp3) is 0.615. The number of nitrogens with zero attached hydrogens (tertiary/aromatic N) is 2. The summed E-state index contributed by atoms with van der Waals surface area (Å²) in [6.45, 7) is 4.51. The Balaban J connectivity index is 2.14. The third kappa shape index (κ3) is 3.36. The maximum atomic E-state index is 11.0. The molecule has 110 valence electrons. The van der Waals surface area contributed by atoms with Crippen molar-refractivity contribution in [3.8, 4) is 0 Å². The number of hydrazine groups is 1. The normalized spacial score (nSPS) is 18.6. The third-order valence-electron chi connectivity index (χ3n) is 3.90. The minimum atomic E-state index is -0.428. The van der Waals surface area contributed by atoms with Crippen LogP contribution in [0, 0.1) is 15.5 Å². The van der Waals surface area contributed by atoms with E-state index in [-0.39, 0.29) is 17.5 Å². The van der Waals surface area contributed by atoms with Gasteiger partial charge in [0, 0.05) is 12.1 Å². The molecular weight excluding hydrogens is 258 g/mol. The first-order chi connectivity index (χ1) is 9.41. The maximum absolute atomic E-state index is 11.0. The van der Waals surface area contributed by atoms with Crippen molar-refractivity contribution in [2.45, 2.75) is 45.6 Å². The van der Waals surface area contributed by atoms with Crippen LogP contribution in [0.25, 0.3) is 0 Å². The minimum absolute atomic E-state index is 0.0196. The summed E-state index contributed by atoms with van der Waals surface area (Å²) in [5, 5.41) is 14.2. The van der Waals surface area contributed by atoms with Crippen LogP contribution in [0.15, 0.2) is 12.1 Å². The van der Waals surface area contributed by atoms with Gasteiger partial charge in [0.2, 0.25) is 5.82 Å². The molecule has 0 radical (unpaired) electrons. The molecule has 0 saturated heterocycles. The number of anilines is 2. The molecule has 0 spiro atoms. The van der Waals surface area contributed by atoms with Crippen molar-refractivity contribution in [1.82, 2.24) is 4.98 Å². The van der Waals surface area contributed by atoms with Gasteiger partial charge in [0.1, 0.15) is 5.82 Å². The van der Waals surface area contributed by atoms with Crippen molar-refractivity contribution < 1.29 is 4.92 Å². The number of nitrogen functional groups attached to an aromatic ring is 1. The van der Waals surface area contributed by atoms with E-state index in [1.807, 2.05) is 0 Å². The molecule has 0 unspecified atom stereocenters. The average Bonchev–Trinajstić information content (AvgIpc) is 2.40. The first-order valence-electron chi connectivity index (χ1n) is 6.80. The van der Waals surface area contributed by atoms with E-state index in [1.54, 1.807) is 0 Å². The van der Waals surface area contributed by atoms with E-state index in [1.165, 1.54) is 12.1 Å². The summed E-state index contributed by atoms with van der Waals surface area (Å²) >= 11 is 0. The summed E-state index contributed by atoms with van der Waals surface area (Å²) < 4.78 is 0. The van der Waals surface area contributed by atoms with E-state index in [9.17, 15) is 10.1 Å². The van der Waals surface area contributed by atoms with Crippen molar-refractivity contribution in [1.29, 1.82) is 0 Å². The molecule has 1 aromatic rings. The standard InChI is InChI=1S/C13H21N5O2/c1-13(2)7-5-9(6-8-13)15-12-10(18(19)20)3-4-11(16-12)17-14/h3-4,9H,5-8,14H2,1-2H3,(H2,15,16,17). The number of rotatable bonds is 4. The van der Waals surface area contributed by atoms with Crippen LogP contribution in [-0.4, -0.2) is 15.9 Å². The zero-order valence-electron chi connectivity index (χ0n) is 11.8. The van der Waals surface area contributed by atoms with Crippen LogP contribution in [0.3, 0.4) is 0 Å². The predicted molar refractivity (Wildman–Crippen MR) is 78.4 cm³/mol. The highest BCUT2D eigenvalue weighted by Crippen LogP contribution is 2.36. The number of pyridine rings is 1. The largest absolute Gasteiger partial charge is 0.362 e. The predicted octanol–water partition coefficient (Wildman–Crippen LogP) is 2.66. The molecular formula is C13H21N5O2. The Kier molecular flexibility index (Phi) is 4.08. The van der Waals surface area contributed by atoms with Gasteiger partial charge in [-0.15, -0.1) is 0 Å². The van der Waals surface area contributed by atoms with Crippen LogP contribution in [-0.2, 0) is 0 Å². The lowest BCUT2D eigenvalue weighted by Gasteiger charge is -2.34. The second-order valence-electron chi connectivity index (χ2n) is 6.05. The molecule has 1 aliphatic carbocycles. The van der Waals surface area contributed by atoms with Gasteiger partial charge >= 0.3 is 5.69 Å². The van der Waals surface area contributed by atoms with Gasteiger partial charge in [-0.3, -0.25) is 10.1 Å². The molecule has 0 atom stereocenters. The van der Waals surface area contributed by atoms with Gasteiger partial charge in [-0.2, -0.15) is 0 Å². The zero-order valence-corrected chi connectivity index (χ0v) is 11.8. The summed E-state index contributed by atoms with van der Waals surface area (Å²) in [5.41, 5.74) is 2.75. The Morgan fingerprint density at radius 2 is 2.05 bits per heavy atom. The molecule has 1 aliphatic rings. The van der Waals surface area contributed by atoms with E-state index in [2.05, 4.69) is 29.6 Å². The average molecular weight is 279 g/mol. The van der Waals surface area contributed by atoms with Crippen LogP contribution < -0.4 is 16.6 Å². The molecule has 0 amide bonds. The molecule has 7 heteroatoms. The molecule has 1 heterocycles. The molecule has 0 bridgehead atoms. The van der Waals surface area contributed by atoms with Crippen molar-refractivity contribution in [2.24, 2.45) is 11.3 Å². The van der Waals surface area contributed by atoms with E-state index < -0.39 is 4.92 Å². The third-order valence-corrected chi connectivity index (χ3v) is 3.90. The SMILES string of the molecule is CC1(C)CCC(Nc2nc(NN)ccc2[N+](=O)[O-])CC1. The Bertz CT molecular complexity index is 494. The molecule has 0 aromatic carbocycles. The minimum Gasteiger partial charge on any atom is -0.362 e. The number of hydrogen-bond acceptors (Lipinski definition) is 6. The Morgan fingerprint density at radius 3 is 2.60 bits per heavy atom. The van der Waals surface area contributed by atoms with Crippen LogP contribution in [0.4, 0.5) is 17.3 Å². The Labute approximate surface area is 118 Å². The summed E-state index contributed by atoms with van der Waals surface area (Å²) in [7, 11) is 0. The van der Waals surface area contributed by atoms with Crippen LogP contribution in [0.2, 0.25) is 0 Å². The summed E-state index contributed by atoms with van der Waals surface area (Å²) in [6, 6.07) is 3.13. The lowest BCUT2D eigenvalue weighted by atomic mass is 9.75. The fourth-order valence-corrected chi connectivity index (χ4v) is 2.52. The van der Waals surface area contributed by atoms with Crippen molar-refractivity contribution in [3.63, 3.8) is 0 Å². The summed E-state index contributed by atoms with van der Waals surface area (Å²) in [6.07, 6.45) is 4.19. The highest BCUT2D eigenvalue weighted by Gasteiger charge is 2.28. The van der Waals surface area contributed by atoms with Crippen LogP contribution >= 0.6 is 0 Å². The van der Waals surface area contributed by atoms with Crippen molar-refractivity contribution in [3.05, 3.63) is 22.2 Å². The summed E-state index contributed by atoms with van der Waals surface area (Å²) in [4.78, 5) is 14.8. The van der Waals surface area contributed by atoms with Gasteiger partial charge < -0.3 is 10.7 Å². The first kappa shape index (κ1) is 14.5. The first-order valence-corrected chi connectivity index (χ1v) is 6.80. The molecule has 0 aliphatic heterocycles. The second-order valence-corrected chi connectivity index (χ2v) is 6.05. The van der Waals surface area contributed by atoms with Crippen molar-refractivity contribution >= 4 is 17.3 Å². The maximum Gasteiger partial charge on any atom is 0.311 e. The number of nitrogens with one attached hydrogen (secondary N) is 2. The highest BCUT2D eigenvalue weighted by atomic mass is 16.6.